The van der Waals surface area contributed by atoms with Gasteiger partial charge in [0.1, 0.15) is 11.9 Å². The quantitative estimate of drug-likeness (QED) is 0.842. The predicted octanol–water partition coefficient (Wildman–Crippen LogP) is 1.18. The predicted molar refractivity (Wildman–Crippen MR) is 83.7 cm³/mol. The van der Waals surface area contributed by atoms with Gasteiger partial charge < -0.3 is 19.6 Å². The lowest BCUT2D eigenvalue weighted by atomic mass is 10.2. The van der Waals surface area contributed by atoms with E-state index in [1.165, 1.54) is 11.0 Å². The Morgan fingerprint density at radius 2 is 2.18 bits per heavy atom. The maximum atomic E-state index is 14.4. The van der Waals surface area contributed by atoms with Gasteiger partial charge in [-0.25, -0.2) is 9.18 Å². The highest BCUT2D eigenvalue weighted by Gasteiger charge is 2.33. The molecular weight excluding hydrogens is 309 g/mol. The number of cyclic esters (lactones) is 1. The summed E-state index contributed by atoms with van der Waals surface area (Å²) in [6.45, 7) is 1.33. The number of aliphatic hydroxyl groups is 1. The summed E-state index contributed by atoms with van der Waals surface area (Å²) >= 11 is 5.27. The van der Waals surface area contributed by atoms with Crippen molar-refractivity contribution < 1.29 is 19.0 Å². The first-order chi connectivity index (χ1) is 10.5. The third kappa shape index (κ3) is 2.48. The molecule has 0 radical (unpaired) electrons. The molecule has 0 bridgehead atoms. The number of ether oxygens (including phenoxy) is 1. The van der Waals surface area contributed by atoms with Crippen LogP contribution in [0.3, 0.4) is 0 Å². The van der Waals surface area contributed by atoms with Crippen molar-refractivity contribution in [1.29, 1.82) is 0 Å². The molecule has 0 aliphatic carbocycles. The lowest BCUT2D eigenvalue weighted by molar-refractivity contribution is 0.0963. The number of halogens is 1. The highest BCUT2D eigenvalue weighted by atomic mass is 32.1. The zero-order valence-electron chi connectivity index (χ0n) is 12.0. The molecule has 0 saturated carbocycles. The Labute approximate surface area is 132 Å². The highest BCUT2D eigenvalue weighted by molar-refractivity contribution is 7.80. The normalized spacial score (nSPS) is 21.8. The Balaban J connectivity index is 1.84. The Bertz CT molecular complexity index is 627. The topological polar surface area (TPSA) is 56.3 Å². The molecule has 0 aromatic heterocycles. The molecule has 1 N–H and O–H groups in total. The number of carbonyl (C=O) groups excluding carboxylic acids is 1. The Morgan fingerprint density at radius 3 is 2.73 bits per heavy atom. The van der Waals surface area contributed by atoms with Crippen molar-refractivity contribution in [2.24, 2.45) is 0 Å². The molecule has 2 aliphatic heterocycles. The average molecular weight is 325 g/mol. The first-order valence-corrected chi connectivity index (χ1v) is 7.33. The number of nitrogens with zero attached hydrogens (tertiary/aromatic N) is 3. The molecule has 22 heavy (non-hydrogen) atoms. The maximum Gasteiger partial charge on any atom is 0.414 e. The van der Waals surface area contributed by atoms with Gasteiger partial charge in [-0.1, -0.05) is 0 Å². The molecule has 2 aliphatic rings. The Kier molecular flexibility index (Phi) is 3.88. The third-order valence-electron chi connectivity index (χ3n) is 3.83. The number of hydrogen-bond acceptors (Lipinski definition) is 4. The summed E-state index contributed by atoms with van der Waals surface area (Å²) in [5, 5.41) is 9.62. The van der Waals surface area contributed by atoms with Crippen LogP contribution in [0.1, 0.15) is 0 Å². The average Bonchev–Trinajstić information content (AvgIpc) is 3.03. The molecule has 1 amide bonds. The lowest BCUT2D eigenvalue weighted by Gasteiger charge is -2.21. The van der Waals surface area contributed by atoms with E-state index >= 15 is 0 Å². The maximum absolute atomic E-state index is 14.4. The Morgan fingerprint density at radius 1 is 1.41 bits per heavy atom. The van der Waals surface area contributed by atoms with Crippen molar-refractivity contribution in [2.75, 3.05) is 43.1 Å². The van der Waals surface area contributed by atoms with Gasteiger partial charge in [0.2, 0.25) is 0 Å². The summed E-state index contributed by atoms with van der Waals surface area (Å²) in [6.07, 6.45) is -1.15. The van der Waals surface area contributed by atoms with Gasteiger partial charge in [0.15, 0.2) is 5.11 Å². The number of thiocarbonyl (C=S) groups is 1. The molecule has 0 spiro atoms. The molecule has 1 aromatic rings. The standard InChI is InChI=1S/C14H16FN3O3S/c1-16-4-5-17(13(16)22)12-3-2-9(6-11(12)15)18-7-10(8-19)21-14(18)20/h2-3,6,10,19H,4-5,7-8H2,1H3/t10-/m1/s1. The molecule has 3 rings (SSSR count). The van der Waals surface area contributed by atoms with Crippen LogP contribution in [0, 0.1) is 5.82 Å². The third-order valence-corrected chi connectivity index (χ3v) is 4.36. The minimum Gasteiger partial charge on any atom is -0.441 e. The first-order valence-electron chi connectivity index (χ1n) is 6.92. The van der Waals surface area contributed by atoms with Crippen molar-refractivity contribution in [2.45, 2.75) is 6.10 Å². The second-order valence-corrected chi connectivity index (χ2v) is 5.66. The van der Waals surface area contributed by atoms with E-state index in [2.05, 4.69) is 0 Å². The van der Waals surface area contributed by atoms with E-state index in [0.717, 1.165) is 6.54 Å². The van der Waals surface area contributed by atoms with Crippen molar-refractivity contribution >= 4 is 34.8 Å². The molecule has 0 unspecified atom stereocenters. The van der Waals surface area contributed by atoms with Crippen LogP contribution in [0.25, 0.3) is 0 Å². The van der Waals surface area contributed by atoms with Crippen molar-refractivity contribution in [3.8, 4) is 0 Å². The fourth-order valence-corrected chi connectivity index (χ4v) is 2.86. The number of anilines is 2. The number of hydrogen-bond donors (Lipinski definition) is 1. The summed E-state index contributed by atoms with van der Waals surface area (Å²) in [5.41, 5.74) is 0.796. The van der Waals surface area contributed by atoms with Crippen molar-refractivity contribution in [3.63, 3.8) is 0 Å². The Hall–Kier alpha value is -1.93. The molecule has 6 nitrogen and oxygen atoms in total. The van der Waals surface area contributed by atoms with Gasteiger partial charge in [0, 0.05) is 20.1 Å². The van der Waals surface area contributed by atoms with E-state index in [1.807, 2.05) is 11.9 Å². The first kappa shape index (κ1) is 15.0. The molecule has 8 heteroatoms. The van der Waals surface area contributed by atoms with Crippen LogP contribution < -0.4 is 9.80 Å². The van der Waals surface area contributed by atoms with Gasteiger partial charge in [-0.05, 0) is 30.4 Å². The van der Waals surface area contributed by atoms with Crippen molar-refractivity contribution in [3.05, 3.63) is 24.0 Å². The number of rotatable bonds is 3. The highest BCUT2D eigenvalue weighted by Crippen LogP contribution is 2.29. The van der Waals surface area contributed by atoms with Crippen LogP contribution in [0.5, 0.6) is 0 Å². The number of amides is 1. The van der Waals surface area contributed by atoms with E-state index in [-0.39, 0.29) is 13.2 Å². The van der Waals surface area contributed by atoms with Crippen LogP contribution in [0.2, 0.25) is 0 Å². The van der Waals surface area contributed by atoms with E-state index in [1.54, 1.807) is 17.0 Å². The number of likely N-dealkylation sites (N-methyl/N-ethyl adjacent to an activating group) is 1. The second kappa shape index (κ2) is 5.69. The minimum absolute atomic E-state index is 0.207. The molecule has 1 atom stereocenters. The zero-order valence-corrected chi connectivity index (χ0v) is 12.8. The van der Waals surface area contributed by atoms with Crippen LogP contribution >= 0.6 is 12.2 Å². The van der Waals surface area contributed by atoms with Gasteiger partial charge in [0.05, 0.1) is 24.5 Å². The van der Waals surface area contributed by atoms with E-state index in [0.29, 0.717) is 23.0 Å². The van der Waals surface area contributed by atoms with Crippen LogP contribution in [-0.2, 0) is 4.74 Å². The molecule has 118 valence electrons. The summed E-state index contributed by atoms with van der Waals surface area (Å²) in [5.74, 6) is -0.449. The van der Waals surface area contributed by atoms with Gasteiger partial charge in [-0.3, -0.25) is 4.90 Å². The van der Waals surface area contributed by atoms with E-state index < -0.39 is 18.0 Å². The fourth-order valence-electron chi connectivity index (χ4n) is 2.58. The van der Waals surface area contributed by atoms with Crippen LogP contribution in [-0.4, -0.2) is 60.6 Å². The molecule has 2 saturated heterocycles. The summed E-state index contributed by atoms with van der Waals surface area (Å²) in [6, 6.07) is 4.55. The second-order valence-electron chi connectivity index (χ2n) is 5.29. The largest absolute Gasteiger partial charge is 0.441 e. The zero-order chi connectivity index (χ0) is 15.9. The van der Waals surface area contributed by atoms with Crippen LogP contribution in [0.4, 0.5) is 20.6 Å². The molecular formula is C14H16FN3O3S. The summed E-state index contributed by atoms with van der Waals surface area (Å²) in [7, 11) is 1.86. The van der Waals surface area contributed by atoms with Crippen molar-refractivity contribution in [1.82, 2.24) is 4.90 Å². The molecule has 1 aromatic carbocycles. The molecule has 2 heterocycles. The van der Waals surface area contributed by atoms with E-state index in [4.69, 9.17) is 22.1 Å². The molecule has 2 fully saturated rings. The lowest BCUT2D eigenvalue weighted by Crippen LogP contribution is -2.30. The smallest absolute Gasteiger partial charge is 0.414 e. The summed E-state index contributed by atoms with van der Waals surface area (Å²) < 4.78 is 19.4. The number of benzene rings is 1. The van der Waals surface area contributed by atoms with Gasteiger partial charge in [0.25, 0.3) is 0 Å². The van der Waals surface area contributed by atoms with E-state index in [9.17, 15) is 9.18 Å². The van der Waals surface area contributed by atoms with Gasteiger partial charge in [-0.15, -0.1) is 0 Å². The van der Waals surface area contributed by atoms with Crippen LogP contribution in [0.15, 0.2) is 18.2 Å². The number of aliphatic hydroxyl groups excluding tert-OH is 1. The monoisotopic (exact) mass is 325 g/mol. The fraction of sp³-hybridized carbons (Fsp3) is 0.429. The van der Waals surface area contributed by atoms with Gasteiger partial charge in [-0.2, -0.15) is 0 Å². The number of carbonyl (C=O) groups is 1. The summed E-state index contributed by atoms with van der Waals surface area (Å²) in [4.78, 5) is 16.6. The van der Waals surface area contributed by atoms with Gasteiger partial charge >= 0.3 is 6.09 Å². The minimum atomic E-state index is -0.581. The SMILES string of the molecule is CN1CCN(c2ccc(N3C[C@H](CO)OC3=O)cc2F)C1=S.